The van der Waals surface area contributed by atoms with Crippen molar-refractivity contribution < 1.29 is 28.6 Å². The summed E-state index contributed by atoms with van der Waals surface area (Å²) in [5.41, 5.74) is 5.27. The summed E-state index contributed by atoms with van der Waals surface area (Å²) in [5.74, 6) is 1.23. The Balaban J connectivity index is 2.35. The highest BCUT2D eigenvalue weighted by molar-refractivity contribution is 7.53. The maximum atomic E-state index is 12.1. The fourth-order valence-corrected chi connectivity index (χ4v) is 4.90. The van der Waals surface area contributed by atoms with Gasteiger partial charge in [0.15, 0.2) is 6.79 Å². The summed E-state index contributed by atoms with van der Waals surface area (Å²) >= 11 is 0. The van der Waals surface area contributed by atoms with E-state index in [2.05, 4.69) is 6.07 Å². The van der Waals surface area contributed by atoms with Gasteiger partial charge >= 0.3 is 7.60 Å². The summed E-state index contributed by atoms with van der Waals surface area (Å²) < 4.78 is 28.7. The Morgan fingerprint density at radius 2 is 1.62 bits per heavy atom. The Hall–Kier alpha value is -2.05. The van der Waals surface area contributed by atoms with Crippen molar-refractivity contribution in [3.8, 4) is 11.5 Å². The molecule has 0 atom stereocenters. The van der Waals surface area contributed by atoms with E-state index in [0.29, 0.717) is 12.2 Å². The zero-order chi connectivity index (χ0) is 24.1. The standard InChI is InChI=1S/C24H36NO6P/c1-8-24(9-2,32(26,27)28)31-20-12-17(3)21(18(4)13-20)14-19-10-11-23(30-16-29-7)22(15-19)25(5)6/h10-13,15H,8-9,14,16H2,1-7H3,(H2,26,27,28). The largest absolute Gasteiger partial charge is 0.475 e. The molecule has 0 saturated carbocycles. The molecule has 0 aromatic heterocycles. The van der Waals surface area contributed by atoms with Crippen molar-refractivity contribution in [2.45, 2.75) is 52.3 Å². The highest BCUT2D eigenvalue weighted by Crippen LogP contribution is 2.55. The molecule has 0 aliphatic rings. The second-order valence-electron chi connectivity index (χ2n) is 8.26. The van der Waals surface area contributed by atoms with Crippen LogP contribution in [0, 0.1) is 13.8 Å². The van der Waals surface area contributed by atoms with Crippen LogP contribution in [-0.2, 0) is 15.7 Å². The minimum atomic E-state index is -4.44. The van der Waals surface area contributed by atoms with Gasteiger partial charge in [0.2, 0.25) is 5.34 Å². The lowest BCUT2D eigenvalue weighted by Gasteiger charge is -2.33. The van der Waals surface area contributed by atoms with Gasteiger partial charge in [-0.05, 0) is 79.6 Å². The van der Waals surface area contributed by atoms with Gasteiger partial charge in [-0.2, -0.15) is 0 Å². The van der Waals surface area contributed by atoms with Crippen molar-refractivity contribution >= 4 is 13.3 Å². The zero-order valence-electron chi connectivity index (χ0n) is 20.1. The van der Waals surface area contributed by atoms with Crippen molar-refractivity contribution in [1.82, 2.24) is 0 Å². The quantitative estimate of drug-likeness (QED) is 0.356. The number of hydrogen-bond donors (Lipinski definition) is 2. The highest BCUT2D eigenvalue weighted by atomic mass is 31.2. The van der Waals surface area contributed by atoms with Crippen LogP contribution < -0.4 is 14.4 Å². The number of ether oxygens (including phenoxy) is 3. The van der Waals surface area contributed by atoms with Gasteiger partial charge in [0.25, 0.3) is 0 Å². The Morgan fingerprint density at radius 3 is 2.09 bits per heavy atom. The third-order valence-corrected chi connectivity index (χ3v) is 7.62. The summed E-state index contributed by atoms with van der Waals surface area (Å²) in [6.45, 7) is 7.65. The van der Waals surface area contributed by atoms with Crippen LogP contribution in [0.1, 0.15) is 48.9 Å². The van der Waals surface area contributed by atoms with Gasteiger partial charge in [-0.3, -0.25) is 4.57 Å². The number of methoxy groups -OCH3 is 1. The number of hydrogen-bond acceptors (Lipinski definition) is 5. The average molecular weight is 466 g/mol. The Kier molecular flexibility index (Phi) is 8.77. The number of rotatable bonds is 11. The molecule has 0 amide bonds. The van der Waals surface area contributed by atoms with Gasteiger partial charge in [-0.1, -0.05) is 19.9 Å². The molecule has 2 aromatic rings. The highest BCUT2D eigenvalue weighted by Gasteiger charge is 2.46. The fraction of sp³-hybridized carbons (Fsp3) is 0.500. The fourth-order valence-electron chi connectivity index (χ4n) is 3.85. The van der Waals surface area contributed by atoms with E-state index < -0.39 is 12.9 Å². The smallest absolute Gasteiger partial charge is 0.368 e. The monoisotopic (exact) mass is 465 g/mol. The Bertz CT molecular complexity index is 942. The average Bonchev–Trinajstić information content (AvgIpc) is 2.72. The van der Waals surface area contributed by atoms with Gasteiger partial charge in [-0.25, -0.2) is 0 Å². The number of anilines is 1. The molecule has 0 heterocycles. The van der Waals surface area contributed by atoms with E-state index in [9.17, 15) is 14.4 Å². The molecule has 2 rings (SSSR count). The summed E-state index contributed by atoms with van der Waals surface area (Å²) in [4.78, 5) is 21.8. The van der Waals surface area contributed by atoms with E-state index in [1.54, 1.807) is 21.0 Å². The first-order valence-electron chi connectivity index (χ1n) is 10.7. The molecule has 178 valence electrons. The summed E-state index contributed by atoms with van der Waals surface area (Å²) in [5, 5.41) is -1.51. The Morgan fingerprint density at radius 1 is 1.03 bits per heavy atom. The molecule has 32 heavy (non-hydrogen) atoms. The van der Waals surface area contributed by atoms with E-state index in [-0.39, 0.29) is 19.6 Å². The maximum Gasteiger partial charge on any atom is 0.368 e. The molecule has 0 fully saturated rings. The molecule has 2 N–H and O–H groups in total. The van der Waals surface area contributed by atoms with Crippen LogP contribution in [0.15, 0.2) is 30.3 Å². The molecule has 7 nitrogen and oxygen atoms in total. The third kappa shape index (κ3) is 5.84. The molecule has 0 spiro atoms. The lowest BCUT2D eigenvalue weighted by molar-refractivity contribution is 0.0515. The molecular formula is C24H36NO6P. The summed E-state index contributed by atoms with van der Waals surface area (Å²) in [7, 11) is 1.08. The topological polar surface area (TPSA) is 88.5 Å². The molecule has 0 saturated heterocycles. The third-order valence-electron chi connectivity index (χ3n) is 5.83. The molecule has 0 aliphatic carbocycles. The van der Waals surface area contributed by atoms with E-state index in [0.717, 1.165) is 33.7 Å². The van der Waals surface area contributed by atoms with Crippen LogP contribution in [0.5, 0.6) is 11.5 Å². The molecule has 0 bridgehead atoms. The molecular weight excluding hydrogens is 429 g/mol. The first-order chi connectivity index (χ1) is 15.0. The second-order valence-corrected chi connectivity index (χ2v) is 10.2. The number of nitrogens with zero attached hydrogens (tertiary/aromatic N) is 1. The van der Waals surface area contributed by atoms with Gasteiger partial charge in [0.1, 0.15) is 11.5 Å². The van der Waals surface area contributed by atoms with Crippen LogP contribution in [0.2, 0.25) is 0 Å². The van der Waals surface area contributed by atoms with E-state index >= 15 is 0 Å². The molecule has 0 unspecified atom stereocenters. The van der Waals surface area contributed by atoms with Crippen LogP contribution in [0.25, 0.3) is 0 Å². The van der Waals surface area contributed by atoms with Crippen LogP contribution in [0.3, 0.4) is 0 Å². The van der Waals surface area contributed by atoms with Gasteiger partial charge in [0, 0.05) is 21.2 Å². The lowest BCUT2D eigenvalue weighted by Crippen LogP contribution is -2.34. The van der Waals surface area contributed by atoms with Gasteiger partial charge < -0.3 is 28.9 Å². The molecule has 2 aromatic carbocycles. The maximum absolute atomic E-state index is 12.1. The van der Waals surface area contributed by atoms with Crippen LogP contribution >= 0.6 is 7.60 Å². The second kappa shape index (κ2) is 10.7. The minimum absolute atomic E-state index is 0.186. The lowest BCUT2D eigenvalue weighted by atomic mass is 9.95. The molecule has 0 radical (unpaired) electrons. The predicted octanol–water partition coefficient (Wildman–Crippen LogP) is 5.02. The molecule has 0 aliphatic heterocycles. The Labute approximate surface area is 191 Å². The van der Waals surface area contributed by atoms with Gasteiger partial charge in [-0.15, -0.1) is 0 Å². The first-order valence-corrected chi connectivity index (χ1v) is 12.4. The van der Waals surface area contributed by atoms with Crippen molar-refractivity contribution in [1.29, 1.82) is 0 Å². The van der Waals surface area contributed by atoms with E-state index in [1.807, 2.05) is 57.1 Å². The van der Waals surface area contributed by atoms with E-state index in [4.69, 9.17) is 14.2 Å². The predicted molar refractivity (Wildman–Crippen MR) is 128 cm³/mol. The minimum Gasteiger partial charge on any atom is -0.475 e. The summed E-state index contributed by atoms with van der Waals surface area (Å²) in [6, 6.07) is 9.81. The molecule has 8 heteroatoms. The first kappa shape index (κ1) is 26.2. The van der Waals surface area contributed by atoms with Crippen LogP contribution in [0.4, 0.5) is 5.69 Å². The van der Waals surface area contributed by atoms with Crippen LogP contribution in [-0.4, -0.2) is 43.1 Å². The van der Waals surface area contributed by atoms with Crippen molar-refractivity contribution in [2.75, 3.05) is 32.9 Å². The zero-order valence-corrected chi connectivity index (χ0v) is 21.0. The SMILES string of the molecule is CCC(CC)(Oc1cc(C)c(Cc2ccc(OCOC)c(N(C)C)c2)c(C)c1)P(=O)(O)O. The normalized spacial score (nSPS) is 12.0. The van der Waals surface area contributed by atoms with Gasteiger partial charge in [0.05, 0.1) is 5.69 Å². The van der Waals surface area contributed by atoms with Crippen molar-refractivity contribution in [2.24, 2.45) is 0 Å². The van der Waals surface area contributed by atoms with E-state index in [1.165, 1.54) is 0 Å². The van der Waals surface area contributed by atoms with Crippen molar-refractivity contribution in [3.05, 3.63) is 52.6 Å². The number of aryl methyl sites for hydroxylation is 2. The summed E-state index contributed by atoms with van der Waals surface area (Å²) in [6.07, 6.45) is 1.16. The number of benzene rings is 2. The van der Waals surface area contributed by atoms with Crippen molar-refractivity contribution in [3.63, 3.8) is 0 Å².